The summed E-state index contributed by atoms with van der Waals surface area (Å²) in [7, 11) is 0. The van der Waals surface area contributed by atoms with E-state index in [1.54, 1.807) is 0 Å². The molecule has 17 heavy (non-hydrogen) atoms. The molecule has 1 rings (SSSR count). The lowest BCUT2D eigenvalue weighted by molar-refractivity contribution is -0.137. The second kappa shape index (κ2) is 5.84. The molecule has 0 amide bonds. The van der Waals surface area contributed by atoms with Gasteiger partial charge in [-0.05, 0) is 24.1 Å². The zero-order valence-electron chi connectivity index (χ0n) is 9.63. The van der Waals surface area contributed by atoms with Crippen molar-refractivity contribution in [1.29, 1.82) is 0 Å². The fourth-order valence-corrected chi connectivity index (χ4v) is 1.66. The van der Waals surface area contributed by atoms with Crippen LogP contribution in [0.4, 0.5) is 13.2 Å². The number of alkyl halides is 3. The van der Waals surface area contributed by atoms with Crippen LogP contribution >= 0.6 is 0 Å². The van der Waals surface area contributed by atoms with Crippen molar-refractivity contribution in [2.24, 2.45) is 0 Å². The van der Waals surface area contributed by atoms with Gasteiger partial charge in [0.1, 0.15) is 6.29 Å². The summed E-state index contributed by atoms with van der Waals surface area (Å²) in [5.74, 6) is -0.294. The Morgan fingerprint density at radius 1 is 1.24 bits per heavy atom. The van der Waals surface area contributed by atoms with Crippen LogP contribution in [0.25, 0.3) is 0 Å². The third-order valence-electron chi connectivity index (χ3n) is 2.70. The lowest BCUT2D eigenvalue weighted by Gasteiger charge is -2.12. The Labute approximate surface area is 98.6 Å². The molecule has 0 N–H and O–H groups in total. The number of aldehydes is 1. The predicted octanol–water partition coefficient (Wildman–Crippen LogP) is 4.18. The fraction of sp³-hybridized carbons (Fsp3) is 0.462. The maximum atomic E-state index is 12.3. The highest BCUT2D eigenvalue weighted by atomic mass is 19.4. The van der Waals surface area contributed by atoms with Crippen LogP contribution in [0.5, 0.6) is 0 Å². The summed E-state index contributed by atoms with van der Waals surface area (Å²) in [4.78, 5) is 10.9. The van der Waals surface area contributed by atoms with Crippen molar-refractivity contribution in [3.63, 3.8) is 0 Å². The first kappa shape index (κ1) is 13.7. The first-order chi connectivity index (χ1) is 7.99. The van der Waals surface area contributed by atoms with Crippen LogP contribution in [0.15, 0.2) is 24.3 Å². The molecule has 0 spiro atoms. The molecule has 0 aliphatic heterocycles. The summed E-state index contributed by atoms with van der Waals surface area (Å²) >= 11 is 0. The summed E-state index contributed by atoms with van der Waals surface area (Å²) in [6.45, 7) is 2.01. The van der Waals surface area contributed by atoms with Gasteiger partial charge in [0.25, 0.3) is 0 Å². The third-order valence-corrected chi connectivity index (χ3v) is 2.70. The number of hydrogen-bond acceptors (Lipinski definition) is 1. The molecule has 1 aromatic carbocycles. The first-order valence-corrected chi connectivity index (χ1v) is 5.61. The van der Waals surface area contributed by atoms with E-state index in [4.69, 9.17) is 0 Å². The molecule has 0 bridgehead atoms. The molecule has 1 nitrogen and oxygen atoms in total. The van der Waals surface area contributed by atoms with E-state index in [1.807, 2.05) is 6.92 Å². The van der Waals surface area contributed by atoms with E-state index in [2.05, 4.69) is 0 Å². The maximum Gasteiger partial charge on any atom is 0.416 e. The van der Waals surface area contributed by atoms with Gasteiger partial charge in [-0.1, -0.05) is 31.9 Å². The first-order valence-electron chi connectivity index (χ1n) is 5.61. The van der Waals surface area contributed by atoms with Crippen LogP contribution in [0, 0.1) is 0 Å². The molecular weight excluding hydrogens is 229 g/mol. The highest BCUT2D eigenvalue weighted by Crippen LogP contribution is 2.30. The number of halogens is 3. The van der Waals surface area contributed by atoms with Gasteiger partial charge in [-0.3, -0.25) is 0 Å². The number of benzene rings is 1. The number of carbonyl (C=O) groups is 1. The standard InChI is InChI=1S/C13H15F3O/c1-2-3-4-11(9-17)10-5-7-12(8-6-10)13(14,15)16/h5-9,11H,2-4H2,1H3. The number of hydrogen-bond donors (Lipinski definition) is 0. The molecule has 0 aromatic heterocycles. The van der Waals surface area contributed by atoms with Crippen molar-refractivity contribution >= 4 is 6.29 Å². The molecule has 0 saturated carbocycles. The molecule has 1 aromatic rings. The second-order valence-electron chi connectivity index (χ2n) is 4.00. The van der Waals surface area contributed by atoms with Gasteiger partial charge in [0, 0.05) is 5.92 Å². The Morgan fingerprint density at radius 2 is 1.82 bits per heavy atom. The van der Waals surface area contributed by atoms with E-state index in [-0.39, 0.29) is 5.92 Å². The summed E-state index contributed by atoms with van der Waals surface area (Å²) in [5, 5.41) is 0. The minimum Gasteiger partial charge on any atom is -0.303 e. The van der Waals surface area contributed by atoms with E-state index in [9.17, 15) is 18.0 Å². The van der Waals surface area contributed by atoms with Crippen molar-refractivity contribution in [1.82, 2.24) is 0 Å². The van der Waals surface area contributed by atoms with E-state index >= 15 is 0 Å². The average Bonchev–Trinajstić information content (AvgIpc) is 2.29. The quantitative estimate of drug-likeness (QED) is 0.710. The minimum absolute atomic E-state index is 0.294. The number of rotatable bonds is 5. The summed E-state index contributed by atoms with van der Waals surface area (Å²) < 4.78 is 37.0. The Hall–Kier alpha value is -1.32. The molecule has 0 radical (unpaired) electrons. The van der Waals surface area contributed by atoms with Crippen molar-refractivity contribution in [2.75, 3.05) is 0 Å². The topological polar surface area (TPSA) is 17.1 Å². The molecule has 94 valence electrons. The van der Waals surface area contributed by atoms with Gasteiger partial charge in [-0.25, -0.2) is 0 Å². The van der Waals surface area contributed by atoms with Crippen molar-refractivity contribution < 1.29 is 18.0 Å². The highest BCUT2D eigenvalue weighted by Gasteiger charge is 2.30. The molecule has 0 aliphatic rings. The summed E-state index contributed by atoms with van der Waals surface area (Å²) in [5.41, 5.74) is -0.0251. The Balaban J connectivity index is 2.81. The zero-order valence-corrected chi connectivity index (χ0v) is 9.63. The highest BCUT2D eigenvalue weighted by molar-refractivity contribution is 5.62. The molecule has 1 unspecified atom stereocenters. The lowest BCUT2D eigenvalue weighted by Crippen LogP contribution is -2.06. The van der Waals surface area contributed by atoms with Crippen molar-refractivity contribution in [2.45, 2.75) is 38.3 Å². The van der Waals surface area contributed by atoms with Gasteiger partial charge in [0.15, 0.2) is 0 Å². The SMILES string of the molecule is CCCCC(C=O)c1ccc(C(F)(F)F)cc1. The van der Waals surface area contributed by atoms with Crippen molar-refractivity contribution in [3.8, 4) is 0 Å². The molecule has 4 heteroatoms. The van der Waals surface area contributed by atoms with Gasteiger partial charge < -0.3 is 4.79 Å². The van der Waals surface area contributed by atoms with Crippen LogP contribution in [0.2, 0.25) is 0 Å². The summed E-state index contributed by atoms with van der Waals surface area (Å²) in [6.07, 6.45) is -0.975. The Bertz CT molecular complexity index is 354. The molecular formula is C13H15F3O. The second-order valence-corrected chi connectivity index (χ2v) is 4.00. The Kier molecular flexibility index (Phi) is 4.73. The fourth-order valence-electron chi connectivity index (χ4n) is 1.66. The summed E-state index contributed by atoms with van der Waals surface area (Å²) in [6, 6.07) is 4.82. The van der Waals surface area contributed by atoms with Crippen molar-refractivity contribution in [3.05, 3.63) is 35.4 Å². The minimum atomic E-state index is -4.32. The van der Waals surface area contributed by atoms with Gasteiger partial charge in [-0.2, -0.15) is 13.2 Å². The monoisotopic (exact) mass is 244 g/mol. The lowest BCUT2D eigenvalue weighted by atomic mass is 9.94. The van der Waals surface area contributed by atoms with Gasteiger partial charge in [0.2, 0.25) is 0 Å². The van der Waals surface area contributed by atoms with E-state index < -0.39 is 11.7 Å². The smallest absolute Gasteiger partial charge is 0.303 e. The largest absolute Gasteiger partial charge is 0.416 e. The van der Waals surface area contributed by atoms with Gasteiger partial charge >= 0.3 is 6.18 Å². The van der Waals surface area contributed by atoms with Crippen LogP contribution in [0.3, 0.4) is 0 Å². The van der Waals surface area contributed by atoms with E-state index in [1.165, 1.54) is 12.1 Å². The molecule has 1 atom stereocenters. The molecule has 0 aliphatic carbocycles. The number of carbonyl (C=O) groups excluding carboxylic acids is 1. The van der Waals surface area contributed by atoms with E-state index in [0.29, 0.717) is 12.0 Å². The third kappa shape index (κ3) is 3.88. The maximum absolute atomic E-state index is 12.3. The molecule has 0 fully saturated rings. The van der Waals surface area contributed by atoms with Crippen LogP contribution < -0.4 is 0 Å². The van der Waals surface area contributed by atoms with E-state index in [0.717, 1.165) is 31.3 Å². The number of unbranched alkanes of at least 4 members (excludes halogenated alkanes) is 1. The van der Waals surface area contributed by atoms with Crippen LogP contribution in [0.1, 0.15) is 43.2 Å². The normalized spacial score (nSPS) is 13.4. The predicted molar refractivity (Wildman–Crippen MR) is 59.8 cm³/mol. The average molecular weight is 244 g/mol. The molecule has 0 saturated heterocycles. The van der Waals surface area contributed by atoms with Crippen LogP contribution in [-0.4, -0.2) is 6.29 Å². The van der Waals surface area contributed by atoms with Crippen LogP contribution in [-0.2, 0) is 11.0 Å². The van der Waals surface area contributed by atoms with Gasteiger partial charge in [-0.15, -0.1) is 0 Å². The van der Waals surface area contributed by atoms with Gasteiger partial charge in [0.05, 0.1) is 5.56 Å². The zero-order chi connectivity index (χ0) is 12.9. The Morgan fingerprint density at radius 3 is 2.24 bits per heavy atom. The molecule has 0 heterocycles.